The topological polar surface area (TPSA) is 32.8 Å². The van der Waals surface area contributed by atoms with Crippen molar-refractivity contribution >= 4 is 22.8 Å². The van der Waals surface area contributed by atoms with Gasteiger partial charge in [0.05, 0.1) is 7.11 Å². The molecule has 1 saturated heterocycles. The van der Waals surface area contributed by atoms with Crippen LogP contribution in [-0.2, 0) is 9.53 Å². The SMILES string of the molecule is COC(=O)CC/C(=C(\c1ccc(C)cc1)c1ccc(N2CCN(C(C)C)CC2)cc1)c1ccccc1. The van der Waals surface area contributed by atoms with Gasteiger partial charge in [0.25, 0.3) is 0 Å². The van der Waals surface area contributed by atoms with Gasteiger partial charge in [0, 0.05) is 44.3 Å². The van der Waals surface area contributed by atoms with Gasteiger partial charge in [-0.15, -0.1) is 0 Å². The Morgan fingerprint density at radius 2 is 1.36 bits per heavy atom. The molecule has 0 amide bonds. The average molecular weight is 483 g/mol. The van der Waals surface area contributed by atoms with Crippen molar-refractivity contribution in [2.45, 2.75) is 39.7 Å². The second-order valence-electron chi connectivity index (χ2n) is 9.83. The number of anilines is 1. The summed E-state index contributed by atoms with van der Waals surface area (Å²) in [6.45, 7) is 10.9. The van der Waals surface area contributed by atoms with Crippen LogP contribution in [0.1, 0.15) is 48.9 Å². The second-order valence-corrected chi connectivity index (χ2v) is 9.83. The summed E-state index contributed by atoms with van der Waals surface area (Å²) >= 11 is 0. The van der Waals surface area contributed by atoms with Crippen LogP contribution in [0.15, 0.2) is 78.9 Å². The lowest BCUT2D eigenvalue weighted by Gasteiger charge is -2.38. The van der Waals surface area contributed by atoms with Crippen molar-refractivity contribution in [3.8, 4) is 0 Å². The molecule has 0 aliphatic carbocycles. The van der Waals surface area contributed by atoms with Crippen molar-refractivity contribution in [1.82, 2.24) is 4.90 Å². The normalized spacial score (nSPS) is 15.1. The molecule has 4 rings (SSSR count). The number of hydrogen-bond donors (Lipinski definition) is 0. The van der Waals surface area contributed by atoms with E-state index in [9.17, 15) is 4.79 Å². The Bertz CT molecular complexity index is 1160. The lowest BCUT2D eigenvalue weighted by atomic mass is 9.87. The van der Waals surface area contributed by atoms with Gasteiger partial charge in [-0.05, 0) is 67.2 Å². The molecule has 1 aliphatic rings. The molecule has 36 heavy (non-hydrogen) atoms. The van der Waals surface area contributed by atoms with Crippen molar-refractivity contribution < 1.29 is 9.53 Å². The third-order valence-corrected chi connectivity index (χ3v) is 7.14. The maximum Gasteiger partial charge on any atom is 0.305 e. The summed E-state index contributed by atoms with van der Waals surface area (Å²) in [5.41, 5.74) is 8.26. The first-order valence-corrected chi connectivity index (χ1v) is 13.0. The molecule has 0 unspecified atom stereocenters. The molecular formula is C32H38N2O2. The van der Waals surface area contributed by atoms with E-state index >= 15 is 0 Å². The number of nitrogens with zero attached hydrogens (tertiary/aromatic N) is 2. The Morgan fingerprint density at radius 3 is 1.92 bits per heavy atom. The smallest absolute Gasteiger partial charge is 0.305 e. The van der Waals surface area contributed by atoms with Crippen LogP contribution in [0.3, 0.4) is 0 Å². The predicted molar refractivity (Wildman–Crippen MR) is 150 cm³/mol. The molecule has 0 radical (unpaired) electrons. The molecule has 1 heterocycles. The van der Waals surface area contributed by atoms with E-state index in [0.717, 1.165) is 48.4 Å². The zero-order chi connectivity index (χ0) is 25.5. The van der Waals surface area contributed by atoms with Crippen molar-refractivity contribution in [3.05, 3.63) is 101 Å². The number of esters is 1. The number of piperazine rings is 1. The van der Waals surface area contributed by atoms with Gasteiger partial charge in [-0.2, -0.15) is 0 Å². The minimum atomic E-state index is -0.192. The molecular weight excluding hydrogens is 444 g/mol. The van der Waals surface area contributed by atoms with Crippen LogP contribution in [0.5, 0.6) is 0 Å². The summed E-state index contributed by atoms with van der Waals surface area (Å²) in [6, 6.07) is 28.6. The molecule has 0 aromatic heterocycles. The number of methoxy groups -OCH3 is 1. The number of ether oxygens (including phenoxy) is 1. The van der Waals surface area contributed by atoms with Gasteiger partial charge in [0.2, 0.25) is 0 Å². The van der Waals surface area contributed by atoms with Crippen LogP contribution in [0.2, 0.25) is 0 Å². The summed E-state index contributed by atoms with van der Waals surface area (Å²) < 4.78 is 4.98. The number of rotatable bonds is 8. The standard InChI is InChI=1S/C32H38N2O2/c1-24(2)33-20-22-34(23-21-33)29-16-14-28(15-17-29)32(27-12-10-25(3)11-13-27)30(18-19-31(35)36-4)26-8-6-5-7-9-26/h5-17,24H,18-23H2,1-4H3/b32-30-. The van der Waals surface area contributed by atoms with Crippen molar-refractivity contribution in [2.24, 2.45) is 0 Å². The van der Waals surface area contributed by atoms with Crippen molar-refractivity contribution in [3.63, 3.8) is 0 Å². The lowest BCUT2D eigenvalue weighted by molar-refractivity contribution is -0.140. The van der Waals surface area contributed by atoms with Gasteiger partial charge in [0.1, 0.15) is 0 Å². The van der Waals surface area contributed by atoms with E-state index in [0.29, 0.717) is 18.9 Å². The third-order valence-electron chi connectivity index (χ3n) is 7.14. The van der Waals surface area contributed by atoms with E-state index in [1.165, 1.54) is 23.9 Å². The van der Waals surface area contributed by atoms with Crippen LogP contribution in [0.4, 0.5) is 5.69 Å². The maximum absolute atomic E-state index is 12.1. The molecule has 1 fully saturated rings. The highest BCUT2D eigenvalue weighted by Gasteiger charge is 2.20. The molecule has 0 saturated carbocycles. The lowest BCUT2D eigenvalue weighted by Crippen LogP contribution is -2.48. The van der Waals surface area contributed by atoms with E-state index in [1.54, 1.807) is 0 Å². The summed E-state index contributed by atoms with van der Waals surface area (Å²) in [5, 5.41) is 0. The van der Waals surface area contributed by atoms with Gasteiger partial charge in [-0.25, -0.2) is 0 Å². The minimum absolute atomic E-state index is 0.192. The van der Waals surface area contributed by atoms with E-state index in [4.69, 9.17) is 4.74 Å². The predicted octanol–water partition coefficient (Wildman–Crippen LogP) is 6.44. The largest absolute Gasteiger partial charge is 0.469 e. The number of aryl methyl sites for hydroxylation is 1. The summed E-state index contributed by atoms with van der Waals surface area (Å²) in [4.78, 5) is 17.1. The van der Waals surface area contributed by atoms with Gasteiger partial charge >= 0.3 is 5.97 Å². The first kappa shape index (κ1) is 25.7. The summed E-state index contributed by atoms with van der Waals surface area (Å²) in [5.74, 6) is -0.192. The summed E-state index contributed by atoms with van der Waals surface area (Å²) in [7, 11) is 1.45. The fraction of sp³-hybridized carbons (Fsp3) is 0.344. The number of benzene rings is 3. The Morgan fingerprint density at radius 1 is 0.778 bits per heavy atom. The molecule has 0 bridgehead atoms. The van der Waals surface area contributed by atoms with Gasteiger partial charge in [-0.3, -0.25) is 9.69 Å². The van der Waals surface area contributed by atoms with Crippen molar-refractivity contribution in [1.29, 1.82) is 0 Å². The number of carbonyl (C=O) groups is 1. The Hall–Kier alpha value is -3.37. The second kappa shape index (κ2) is 12.0. The highest BCUT2D eigenvalue weighted by Crippen LogP contribution is 2.36. The van der Waals surface area contributed by atoms with Crippen LogP contribution < -0.4 is 4.90 Å². The van der Waals surface area contributed by atoms with Gasteiger partial charge in [-0.1, -0.05) is 72.3 Å². The quantitative estimate of drug-likeness (QED) is 0.273. The molecule has 1 aliphatic heterocycles. The zero-order valence-electron chi connectivity index (χ0n) is 22.0. The number of hydrogen-bond acceptors (Lipinski definition) is 4. The van der Waals surface area contributed by atoms with Crippen LogP contribution in [0, 0.1) is 6.92 Å². The Labute approximate surface area is 216 Å². The molecule has 0 spiro atoms. The molecule has 188 valence electrons. The highest BCUT2D eigenvalue weighted by atomic mass is 16.5. The average Bonchev–Trinajstić information content (AvgIpc) is 2.92. The van der Waals surface area contributed by atoms with Gasteiger partial charge < -0.3 is 9.64 Å². The van der Waals surface area contributed by atoms with Crippen LogP contribution in [-0.4, -0.2) is 50.2 Å². The number of carbonyl (C=O) groups excluding carboxylic acids is 1. The molecule has 4 heteroatoms. The molecule has 4 nitrogen and oxygen atoms in total. The van der Waals surface area contributed by atoms with E-state index in [1.807, 2.05) is 6.07 Å². The monoisotopic (exact) mass is 482 g/mol. The fourth-order valence-corrected chi connectivity index (χ4v) is 4.95. The Kier molecular flexibility index (Phi) is 8.61. The first-order valence-electron chi connectivity index (χ1n) is 13.0. The first-order chi connectivity index (χ1) is 17.5. The molecule has 0 N–H and O–H groups in total. The van der Waals surface area contributed by atoms with Crippen LogP contribution in [0.25, 0.3) is 11.1 Å². The van der Waals surface area contributed by atoms with E-state index < -0.39 is 0 Å². The maximum atomic E-state index is 12.1. The fourth-order valence-electron chi connectivity index (χ4n) is 4.95. The summed E-state index contributed by atoms with van der Waals surface area (Å²) in [6.07, 6.45) is 0.951. The minimum Gasteiger partial charge on any atom is -0.469 e. The molecule has 0 atom stereocenters. The zero-order valence-corrected chi connectivity index (χ0v) is 22.0. The van der Waals surface area contributed by atoms with E-state index in [-0.39, 0.29) is 5.97 Å². The van der Waals surface area contributed by atoms with Gasteiger partial charge in [0.15, 0.2) is 0 Å². The van der Waals surface area contributed by atoms with E-state index in [2.05, 4.69) is 103 Å². The third kappa shape index (κ3) is 6.24. The molecule has 3 aromatic carbocycles. The molecule has 3 aromatic rings. The highest BCUT2D eigenvalue weighted by molar-refractivity contribution is 5.99. The van der Waals surface area contributed by atoms with Crippen LogP contribution >= 0.6 is 0 Å². The number of allylic oxidation sites excluding steroid dienone is 1. The van der Waals surface area contributed by atoms with Crippen molar-refractivity contribution in [2.75, 3.05) is 38.2 Å². The Balaban J connectivity index is 1.74.